The molecule has 6 rings (SSSR count). The molecule has 3 heterocycles. The Balaban J connectivity index is 0.00000504. The zero-order chi connectivity index (χ0) is 35.2. The SMILES string of the molecule is Cc1nc(C(=O)N[C@@H]2CCN[C@H](C)C2)ccc1-c1ccc(C[C@@H](C(N)=O)N(C(=O)C2CCC(CN)CC2)c2ccc(-c3nn[nH]n3)cc2)cc1.Cl. The summed E-state index contributed by atoms with van der Waals surface area (Å²) in [5.74, 6) is -0.272. The molecule has 13 nitrogen and oxygen atoms in total. The number of hydrogen-bond donors (Lipinski definition) is 5. The number of anilines is 1. The van der Waals surface area contributed by atoms with Crippen LogP contribution in [0.5, 0.6) is 0 Å². The average molecular weight is 715 g/mol. The number of carbonyl (C=O) groups excluding carboxylic acids is 3. The molecule has 2 aromatic carbocycles. The molecule has 3 atom stereocenters. The number of nitrogens with two attached hydrogens (primary N) is 2. The number of piperidine rings is 1. The summed E-state index contributed by atoms with van der Waals surface area (Å²) < 4.78 is 0. The Hall–Kier alpha value is -4.72. The number of aromatic nitrogens is 5. The Morgan fingerprint density at radius 2 is 1.67 bits per heavy atom. The van der Waals surface area contributed by atoms with Gasteiger partial charge in [-0.1, -0.05) is 30.3 Å². The molecule has 270 valence electrons. The highest BCUT2D eigenvalue weighted by Crippen LogP contribution is 2.33. The predicted octanol–water partition coefficient (Wildman–Crippen LogP) is 3.72. The molecule has 3 amide bonds. The lowest BCUT2D eigenvalue weighted by Crippen LogP contribution is -2.52. The fourth-order valence-corrected chi connectivity index (χ4v) is 7.24. The molecular weight excluding hydrogens is 668 g/mol. The number of H-pyrrole nitrogens is 1. The third-order valence-corrected chi connectivity index (χ3v) is 10.1. The smallest absolute Gasteiger partial charge is 0.270 e. The molecule has 0 spiro atoms. The number of nitrogens with one attached hydrogen (secondary N) is 3. The zero-order valence-electron chi connectivity index (χ0n) is 29.0. The second-order valence-corrected chi connectivity index (χ2v) is 13.6. The van der Waals surface area contributed by atoms with E-state index in [9.17, 15) is 14.4 Å². The lowest BCUT2D eigenvalue weighted by molar-refractivity contribution is -0.127. The maximum absolute atomic E-state index is 14.2. The van der Waals surface area contributed by atoms with Crippen molar-refractivity contribution in [2.24, 2.45) is 23.3 Å². The number of amides is 3. The number of rotatable bonds is 11. The van der Waals surface area contributed by atoms with Gasteiger partial charge in [0, 0.05) is 46.9 Å². The Bertz CT molecular complexity index is 1780. The standard InChI is InChI=1S/C37H46N10O3.ClH/c1-22-19-29(17-18-40-22)42-36(49)32-16-15-31(23(2)41-32)26-7-3-24(4-8-26)20-33(34(39)48)47(37(50)28-9-5-25(21-38)6-10-28)30-13-11-27(12-14-30)35-43-45-46-44-35;/h3-4,7-8,11-16,22,25,28-29,33,40H,5-6,9-10,17-21,38H2,1-2H3,(H2,39,48)(H,42,49)(H,43,44,45,46);1H/t22-,25?,28?,29-,33+;/m1./s1. The molecule has 51 heavy (non-hydrogen) atoms. The molecular formula is C37H47ClN10O3. The Kier molecular flexibility index (Phi) is 12.5. The minimum atomic E-state index is -0.916. The zero-order valence-corrected chi connectivity index (χ0v) is 29.9. The summed E-state index contributed by atoms with van der Waals surface area (Å²) in [6, 6.07) is 18.3. The van der Waals surface area contributed by atoms with Crippen molar-refractivity contribution in [3.8, 4) is 22.5 Å². The summed E-state index contributed by atoms with van der Waals surface area (Å²) in [6.45, 7) is 5.51. The molecule has 2 fully saturated rings. The van der Waals surface area contributed by atoms with Crippen molar-refractivity contribution in [1.82, 2.24) is 36.2 Å². The van der Waals surface area contributed by atoms with Crippen molar-refractivity contribution >= 4 is 35.8 Å². The van der Waals surface area contributed by atoms with Gasteiger partial charge in [-0.25, -0.2) is 4.98 Å². The summed E-state index contributed by atoms with van der Waals surface area (Å²) in [4.78, 5) is 46.5. The Morgan fingerprint density at radius 3 is 2.27 bits per heavy atom. The Morgan fingerprint density at radius 1 is 0.961 bits per heavy atom. The van der Waals surface area contributed by atoms with Crippen LogP contribution in [-0.4, -0.2) is 74.5 Å². The van der Waals surface area contributed by atoms with Gasteiger partial charge in [0.1, 0.15) is 11.7 Å². The summed E-state index contributed by atoms with van der Waals surface area (Å²) in [6.07, 6.45) is 5.19. The van der Waals surface area contributed by atoms with Crippen LogP contribution in [0.15, 0.2) is 60.7 Å². The van der Waals surface area contributed by atoms with E-state index in [2.05, 4.69) is 43.2 Å². The molecule has 7 N–H and O–H groups in total. The first-order valence-electron chi connectivity index (χ1n) is 17.5. The summed E-state index contributed by atoms with van der Waals surface area (Å²) in [5, 5.41) is 20.7. The van der Waals surface area contributed by atoms with Crippen LogP contribution < -0.4 is 27.0 Å². The number of aromatic amines is 1. The topological polar surface area (TPSA) is 198 Å². The number of hydrogen-bond acceptors (Lipinski definition) is 9. The molecule has 0 radical (unpaired) electrons. The summed E-state index contributed by atoms with van der Waals surface area (Å²) in [5.41, 5.74) is 17.1. The number of aryl methyl sites for hydroxylation is 1. The van der Waals surface area contributed by atoms with E-state index in [0.29, 0.717) is 48.6 Å². The van der Waals surface area contributed by atoms with E-state index in [4.69, 9.17) is 11.5 Å². The molecule has 0 bridgehead atoms. The molecule has 14 heteroatoms. The quantitative estimate of drug-likeness (QED) is 0.154. The van der Waals surface area contributed by atoms with Gasteiger partial charge >= 0.3 is 0 Å². The van der Waals surface area contributed by atoms with E-state index in [-0.39, 0.29) is 42.6 Å². The van der Waals surface area contributed by atoms with Gasteiger partial charge in [0.05, 0.1) is 0 Å². The van der Waals surface area contributed by atoms with Gasteiger partial charge in [0.15, 0.2) is 0 Å². The first-order valence-corrected chi connectivity index (χ1v) is 17.5. The van der Waals surface area contributed by atoms with Gasteiger partial charge in [-0.05, 0) is 118 Å². The fraction of sp³-hybridized carbons (Fsp3) is 0.432. The van der Waals surface area contributed by atoms with Gasteiger partial charge in [-0.15, -0.1) is 22.6 Å². The minimum Gasteiger partial charge on any atom is -0.368 e. The molecule has 0 unspecified atom stereocenters. The number of benzene rings is 2. The molecule has 2 aliphatic rings. The predicted molar refractivity (Wildman–Crippen MR) is 198 cm³/mol. The second kappa shape index (κ2) is 17.0. The van der Waals surface area contributed by atoms with Crippen LogP contribution in [0.4, 0.5) is 5.69 Å². The number of nitrogens with zero attached hydrogens (tertiary/aromatic N) is 5. The molecule has 1 saturated heterocycles. The van der Waals surface area contributed by atoms with Gasteiger partial charge in [0.25, 0.3) is 5.91 Å². The molecule has 1 aliphatic heterocycles. The van der Waals surface area contributed by atoms with Crippen molar-refractivity contribution in [1.29, 1.82) is 0 Å². The third kappa shape index (κ3) is 8.96. The van der Waals surface area contributed by atoms with Crippen molar-refractivity contribution in [2.75, 3.05) is 18.0 Å². The highest BCUT2D eigenvalue weighted by atomic mass is 35.5. The normalized spacial score (nSPS) is 20.8. The second-order valence-electron chi connectivity index (χ2n) is 13.6. The average Bonchev–Trinajstić information content (AvgIpc) is 3.67. The van der Waals surface area contributed by atoms with Crippen molar-refractivity contribution < 1.29 is 14.4 Å². The van der Waals surface area contributed by atoms with E-state index in [1.165, 1.54) is 0 Å². The van der Waals surface area contributed by atoms with Crippen molar-refractivity contribution in [3.05, 3.63) is 77.6 Å². The van der Waals surface area contributed by atoms with Crippen molar-refractivity contribution in [3.63, 3.8) is 0 Å². The van der Waals surface area contributed by atoms with Crippen LogP contribution in [0.1, 0.15) is 67.2 Å². The highest BCUT2D eigenvalue weighted by Gasteiger charge is 2.36. The van der Waals surface area contributed by atoms with Crippen LogP contribution >= 0.6 is 12.4 Å². The van der Waals surface area contributed by atoms with Gasteiger partial charge in [-0.3, -0.25) is 19.3 Å². The van der Waals surface area contributed by atoms with Crippen molar-refractivity contribution in [2.45, 2.75) is 76.9 Å². The van der Waals surface area contributed by atoms with Crippen LogP contribution in [0.25, 0.3) is 22.5 Å². The van der Waals surface area contributed by atoms with Crippen LogP contribution in [0, 0.1) is 18.8 Å². The fourth-order valence-electron chi connectivity index (χ4n) is 7.24. The lowest BCUT2D eigenvalue weighted by Gasteiger charge is -2.35. The monoisotopic (exact) mass is 714 g/mol. The Labute approximate surface area is 304 Å². The van der Waals surface area contributed by atoms with Gasteiger partial charge < -0.3 is 22.1 Å². The van der Waals surface area contributed by atoms with Crippen LogP contribution in [0.3, 0.4) is 0 Å². The van der Waals surface area contributed by atoms with E-state index >= 15 is 0 Å². The third-order valence-electron chi connectivity index (χ3n) is 10.1. The molecule has 2 aromatic heterocycles. The van der Waals surface area contributed by atoms with E-state index in [1.807, 2.05) is 37.3 Å². The first-order chi connectivity index (χ1) is 24.2. The molecule has 1 saturated carbocycles. The number of pyridine rings is 1. The van der Waals surface area contributed by atoms with E-state index in [0.717, 1.165) is 60.2 Å². The number of primary amides is 1. The summed E-state index contributed by atoms with van der Waals surface area (Å²) in [7, 11) is 0. The largest absolute Gasteiger partial charge is 0.368 e. The van der Waals surface area contributed by atoms with Crippen LogP contribution in [-0.2, 0) is 16.0 Å². The van der Waals surface area contributed by atoms with Gasteiger partial charge in [-0.2, -0.15) is 5.21 Å². The van der Waals surface area contributed by atoms with Gasteiger partial charge in [0.2, 0.25) is 17.6 Å². The molecule has 1 aliphatic carbocycles. The lowest BCUT2D eigenvalue weighted by atomic mass is 9.81. The van der Waals surface area contributed by atoms with E-state index < -0.39 is 11.9 Å². The minimum absolute atomic E-state index is 0. The number of tetrazole rings is 1. The number of carbonyl (C=O) groups is 3. The first kappa shape index (κ1) is 37.5. The number of halogens is 1. The molecule has 4 aromatic rings. The van der Waals surface area contributed by atoms with E-state index in [1.54, 1.807) is 35.2 Å². The maximum atomic E-state index is 14.2. The van der Waals surface area contributed by atoms with Crippen LogP contribution in [0.2, 0.25) is 0 Å². The maximum Gasteiger partial charge on any atom is 0.270 e. The highest BCUT2D eigenvalue weighted by molar-refractivity contribution is 6.02. The summed E-state index contributed by atoms with van der Waals surface area (Å²) >= 11 is 0.